The van der Waals surface area contributed by atoms with E-state index in [2.05, 4.69) is 4.98 Å². The quantitative estimate of drug-likeness (QED) is 0.873. The number of aliphatic hydroxyl groups is 1. The standard InChI is InChI=1S/C21H26N2O3S/c1-26-18-7-4-5-15(11-18)20-22-17(14-27-20)12-19(24)23-10-9-21(25)8-3-2-6-16(21)13-23/h4-5,7,11,14,16,25H,2-3,6,8-10,12-13H2,1H3/t16-,21-/m0/s1. The Kier molecular flexibility index (Phi) is 5.19. The van der Waals surface area contributed by atoms with Gasteiger partial charge in [0.15, 0.2) is 0 Å². The average molecular weight is 387 g/mol. The van der Waals surface area contributed by atoms with E-state index in [4.69, 9.17) is 4.74 Å². The van der Waals surface area contributed by atoms with Crippen LogP contribution in [0.4, 0.5) is 0 Å². The molecule has 2 aromatic rings. The minimum absolute atomic E-state index is 0.116. The zero-order valence-corrected chi connectivity index (χ0v) is 16.5. The molecule has 144 valence electrons. The minimum Gasteiger partial charge on any atom is -0.497 e. The molecule has 0 unspecified atom stereocenters. The first kappa shape index (κ1) is 18.4. The van der Waals surface area contributed by atoms with Gasteiger partial charge in [-0.05, 0) is 31.4 Å². The van der Waals surface area contributed by atoms with Crippen LogP contribution in [0.3, 0.4) is 0 Å². The summed E-state index contributed by atoms with van der Waals surface area (Å²) in [6.07, 6.45) is 5.20. The maximum absolute atomic E-state index is 12.8. The maximum Gasteiger partial charge on any atom is 0.228 e. The molecule has 27 heavy (non-hydrogen) atoms. The summed E-state index contributed by atoms with van der Waals surface area (Å²) in [5.74, 6) is 1.14. The molecule has 2 atom stereocenters. The van der Waals surface area contributed by atoms with E-state index in [9.17, 15) is 9.90 Å². The van der Waals surface area contributed by atoms with Crippen LogP contribution in [0.15, 0.2) is 29.6 Å². The molecule has 1 aromatic heterocycles. The predicted molar refractivity (Wildman–Crippen MR) is 106 cm³/mol. The topological polar surface area (TPSA) is 62.7 Å². The lowest BCUT2D eigenvalue weighted by atomic mass is 9.71. The molecule has 5 nitrogen and oxygen atoms in total. The number of likely N-dealkylation sites (tertiary alicyclic amines) is 1. The van der Waals surface area contributed by atoms with Crippen molar-refractivity contribution in [1.82, 2.24) is 9.88 Å². The molecule has 4 rings (SSSR count). The van der Waals surface area contributed by atoms with E-state index >= 15 is 0 Å². The Morgan fingerprint density at radius 1 is 1.41 bits per heavy atom. The molecule has 1 amide bonds. The summed E-state index contributed by atoms with van der Waals surface area (Å²) in [4.78, 5) is 19.4. The third-order valence-electron chi connectivity index (χ3n) is 5.98. The monoisotopic (exact) mass is 386 g/mol. The van der Waals surface area contributed by atoms with Crippen molar-refractivity contribution in [2.24, 2.45) is 5.92 Å². The first-order valence-electron chi connectivity index (χ1n) is 9.66. The number of carbonyl (C=O) groups is 1. The highest BCUT2D eigenvalue weighted by Gasteiger charge is 2.43. The smallest absolute Gasteiger partial charge is 0.228 e. The van der Waals surface area contributed by atoms with E-state index in [0.717, 1.165) is 47.7 Å². The van der Waals surface area contributed by atoms with Crippen molar-refractivity contribution in [3.05, 3.63) is 35.3 Å². The van der Waals surface area contributed by atoms with Gasteiger partial charge in [-0.1, -0.05) is 25.0 Å². The summed E-state index contributed by atoms with van der Waals surface area (Å²) < 4.78 is 5.27. The van der Waals surface area contributed by atoms with E-state index in [1.807, 2.05) is 34.5 Å². The highest BCUT2D eigenvalue weighted by atomic mass is 32.1. The van der Waals surface area contributed by atoms with Gasteiger partial charge in [-0.15, -0.1) is 11.3 Å². The number of rotatable bonds is 4. The van der Waals surface area contributed by atoms with Gasteiger partial charge in [-0.25, -0.2) is 4.98 Å². The zero-order chi connectivity index (χ0) is 18.9. The molecule has 0 radical (unpaired) electrons. The fraction of sp³-hybridized carbons (Fsp3) is 0.524. The summed E-state index contributed by atoms with van der Waals surface area (Å²) in [5.41, 5.74) is 1.27. The number of hydrogen-bond donors (Lipinski definition) is 1. The number of amides is 1. The summed E-state index contributed by atoms with van der Waals surface area (Å²) in [6, 6.07) is 7.81. The zero-order valence-electron chi connectivity index (χ0n) is 15.7. The van der Waals surface area contributed by atoms with Gasteiger partial charge in [0, 0.05) is 30.0 Å². The van der Waals surface area contributed by atoms with Gasteiger partial charge in [0.1, 0.15) is 10.8 Å². The fourth-order valence-corrected chi connectivity index (χ4v) is 5.16. The number of thiazole rings is 1. The molecule has 2 aliphatic rings. The molecular weight excluding hydrogens is 360 g/mol. The van der Waals surface area contributed by atoms with Gasteiger partial charge in [-0.3, -0.25) is 4.79 Å². The normalized spacial score (nSPS) is 25.1. The van der Waals surface area contributed by atoms with Crippen LogP contribution in [0.1, 0.15) is 37.8 Å². The second-order valence-electron chi connectivity index (χ2n) is 7.69. The number of benzene rings is 1. The molecule has 0 bridgehead atoms. The molecule has 1 saturated carbocycles. The number of methoxy groups -OCH3 is 1. The molecule has 6 heteroatoms. The van der Waals surface area contributed by atoms with Crippen molar-refractivity contribution in [3.63, 3.8) is 0 Å². The Bertz CT molecular complexity index is 821. The molecule has 1 aromatic carbocycles. The minimum atomic E-state index is -0.546. The van der Waals surface area contributed by atoms with Gasteiger partial charge < -0.3 is 14.7 Å². The van der Waals surface area contributed by atoms with Crippen LogP contribution in [-0.4, -0.2) is 46.7 Å². The van der Waals surface area contributed by atoms with Crippen molar-refractivity contribution < 1.29 is 14.6 Å². The summed E-state index contributed by atoms with van der Waals surface area (Å²) in [5, 5.41) is 13.7. The van der Waals surface area contributed by atoms with Crippen molar-refractivity contribution in [2.75, 3.05) is 20.2 Å². The second kappa shape index (κ2) is 7.60. The Morgan fingerprint density at radius 2 is 2.30 bits per heavy atom. The molecule has 2 fully saturated rings. The van der Waals surface area contributed by atoms with E-state index in [-0.39, 0.29) is 11.8 Å². The van der Waals surface area contributed by atoms with Gasteiger partial charge in [0.25, 0.3) is 0 Å². The van der Waals surface area contributed by atoms with Gasteiger partial charge in [0.05, 0.1) is 24.8 Å². The molecule has 1 aliphatic heterocycles. The maximum atomic E-state index is 12.8. The lowest BCUT2D eigenvalue weighted by Crippen LogP contribution is -2.54. The number of aromatic nitrogens is 1. The lowest BCUT2D eigenvalue weighted by Gasteiger charge is -2.47. The molecule has 1 saturated heterocycles. The van der Waals surface area contributed by atoms with Crippen molar-refractivity contribution >= 4 is 17.2 Å². The molecule has 0 spiro atoms. The molecule has 2 heterocycles. The van der Waals surface area contributed by atoms with Crippen molar-refractivity contribution in [1.29, 1.82) is 0 Å². The Morgan fingerprint density at radius 3 is 3.15 bits per heavy atom. The number of fused-ring (bicyclic) bond motifs is 1. The third kappa shape index (κ3) is 3.87. The first-order valence-corrected chi connectivity index (χ1v) is 10.5. The Labute approximate surface area is 164 Å². The van der Waals surface area contributed by atoms with Crippen molar-refractivity contribution in [3.8, 4) is 16.3 Å². The summed E-state index contributed by atoms with van der Waals surface area (Å²) >= 11 is 1.55. The highest BCUT2D eigenvalue weighted by Crippen LogP contribution is 2.39. The first-order chi connectivity index (χ1) is 13.1. The summed E-state index contributed by atoms with van der Waals surface area (Å²) in [6.45, 7) is 1.33. The van der Waals surface area contributed by atoms with E-state index < -0.39 is 5.60 Å². The molecular formula is C21H26N2O3S. The van der Waals surface area contributed by atoms with Gasteiger partial charge in [-0.2, -0.15) is 0 Å². The average Bonchev–Trinajstić information content (AvgIpc) is 3.15. The van der Waals surface area contributed by atoms with Gasteiger partial charge >= 0.3 is 0 Å². The SMILES string of the molecule is COc1cccc(-c2nc(CC(=O)N3CC[C@@]4(O)CCCC[C@H]4C3)cs2)c1. The third-order valence-corrected chi connectivity index (χ3v) is 6.92. The Balaban J connectivity index is 1.41. The van der Waals surface area contributed by atoms with E-state index in [0.29, 0.717) is 25.9 Å². The second-order valence-corrected chi connectivity index (χ2v) is 8.55. The molecule has 1 N–H and O–H groups in total. The van der Waals surface area contributed by atoms with E-state index in [1.165, 1.54) is 0 Å². The van der Waals surface area contributed by atoms with E-state index in [1.54, 1.807) is 18.4 Å². The number of ether oxygens (including phenoxy) is 1. The summed E-state index contributed by atoms with van der Waals surface area (Å²) in [7, 11) is 1.65. The van der Waals surface area contributed by atoms with Crippen LogP contribution < -0.4 is 4.74 Å². The van der Waals surface area contributed by atoms with Crippen LogP contribution in [0.2, 0.25) is 0 Å². The predicted octanol–water partition coefficient (Wildman–Crippen LogP) is 3.51. The highest BCUT2D eigenvalue weighted by molar-refractivity contribution is 7.13. The van der Waals surface area contributed by atoms with Crippen LogP contribution in [0.25, 0.3) is 10.6 Å². The number of carbonyl (C=O) groups excluding carboxylic acids is 1. The Hall–Kier alpha value is -1.92. The van der Waals surface area contributed by atoms with Crippen LogP contribution in [-0.2, 0) is 11.2 Å². The van der Waals surface area contributed by atoms with Crippen LogP contribution >= 0.6 is 11.3 Å². The fourth-order valence-electron chi connectivity index (χ4n) is 4.34. The number of nitrogens with zero attached hydrogens (tertiary/aromatic N) is 2. The van der Waals surface area contributed by atoms with Crippen LogP contribution in [0, 0.1) is 5.92 Å². The number of hydrogen-bond acceptors (Lipinski definition) is 5. The number of piperidine rings is 1. The van der Waals surface area contributed by atoms with Crippen LogP contribution in [0.5, 0.6) is 5.75 Å². The largest absolute Gasteiger partial charge is 0.497 e. The lowest BCUT2D eigenvalue weighted by molar-refractivity contribution is -0.142. The van der Waals surface area contributed by atoms with Crippen molar-refractivity contribution in [2.45, 2.75) is 44.1 Å². The molecule has 1 aliphatic carbocycles. The van der Waals surface area contributed by atoms with Gasteiger partial charge in [0.2, 0.25) is 5.91 Å².